The summed E-state index contributed by atoms with van der Waals surface area (Å²) in [5.41, 5.74) is 8.56. The molecule has 0 unspecified atom stereocenters. The lowest BCUT2D eigenvalue weighted by Crippen LogP contribution is -2.43. The van der Waals surface area contributed by atoms with Crippen molar-refractivity contribution in [3.63, 3.8) is 0 Å². The number of carbonyl (C=O) groups is 2. The Morgan fingerprint density at radius 2 is 1.80 bits per heavy atom. The minimum absolute atomic E-state index is 0.103. The quantitative estimate of drug-likeness (QED) is 0.161. The highest BCUT2D eigenvalue weighted by molar-refractivity contribution is 6.35. The number of aromatic nitrogens is 5. The number of ether oxygens (including phenoxy) is 1. The normalized spacial score (nSPS) is 14.7. The van der Waals surface area contributed by atoms with Crippen LogP contribution < -0.4 is 9.64 Å². The average Bonchev–Trinajstić information content (AvgIpc) is 3.71. The first-order valence-electron chi connectivity index (χ1n) is 16.1. The summed E-state index contributed by atoms with van der Waals surface area (Å²) >= 11 is 13.4. The van der Waals surface area contributed by atoms with Crippen LogP contribution in [0, 0.1) is 27.7 Å². The fourth-order valence-electron chi connectivity index (χ4n) is 7.22. The van der Waals surface area contributed by atoms with Crippen molar-refractivity contribution in [1.29, 1.82) is 0 Å². The predicted molar refractivity (Wildman–Crippen MR) is 192 cm³/mol. The molecule has 5 heterocycles. The number of halogens is 2. The zero-order chi connectivity index (χ0) is 34.9. The molecule has 1 amide bonds. The van der Waals surface area contributed by atoms with Crippen molar-refractivity contribution in [2.75, 3.05) is 18.1 Å². The van der Waals surface area contributed by atoms with Crippen molar-refractivity contribution >= 4 is 57.4 Å². The van der Waals surface area contributed by atoms with Crippen molar-refractivity contribution in [3.8, 4) is 16.9 Å². The van der Waals surface area contributed by atoms with Gasteiger partial charge in [-0.15, -0.1) is 0 Å². The number of rotatable bonds is 8. The second-order valence-corrected chi connectivity index (χ2v) is 13.6. The van der Waals surface area contributed by atoms with Crippen molar-refractivity contribution < 1.29 is 19.4 Å². The van der Waals surface area contributed by atoms with Crippen LogP contribution in [0.5, 0.6) is 5.75 Å². The average molecular weight is 700 g/mol. The van der Waals surface area contributed by atoms with Gasteiger partial charge in [-0.2, -0.15) is 5.10 Å². The Morgan fingerprint density at radius 3 is 2.47 bits per heavy atom. The van der Waals surface area contributed by atoms with Crippen LogP contribution in [0.3, 0.4) is 0 Å². The number of hydrogen-bond acceptors (Lipinski definition) is 5. The summed E-state index contributed by atoms with van der Waals surface area (Å²) < 4.78 is 11.8. The molecule has 0 saturated carbocycles. The Morgan fingerprint density at radius 1 is 1.06 bits per heavy atom. The molecule has 10 nitrogen and oxygen atoms in total. The molecule has 0 bridgehead atoms. The predicted octanol–water partition coefficient (Wildman–Crippen LogP) is 8.16. The molecule has 0 aliphatic carbocycles. The molecule has 1 aliphatic rings. The number of hydrogen-bond donors (Lipinski definition) is 1. The maximum absolute atomic E-state index is 14.8. The highest BCUT2D eigenvalue weighted by Gasteiger charge is 2.37. The van der Waals surface area contributed by atoms with Crippen LogP contribution >= 0.6 is 23.2 Å². The Kier molecular flexibility index (Phi) is 8.19. The van der Waals surface area contributed by atoms with Crippen LogP contribution in [-0.2, 0) is 13.5 Å². The highest BCUT2D eigenvalue weighted by atomic mass is 35.5. The minimum Gasteiger partial charge on any atom is -0.494 e. The summed E-state index contributed by atoms with van der Waals surface area (Å²) in [5, 5.41) is 16.6. The van der Waals surface area contributed by atoms with E-state index in [9.17, 15) is 14.7 Å². The lowest BCUT2D eigenvalue weighted by molar-refractivity contribution is 0.0696. The van der Waals surface area contributed by atoms with E-state index < -0.39 is 5.97 Å². The van der Waals surface area contributed by atoms with Crippen LogP contribution in [-0.4, -0.2) is 53.9 Å². The summed E-state index contributed by atoms with van der Waals surface area (Å²) in [4.78, 5) is 32.8. The molecule has 12 heteroatoms. The molecule has 1 N–H and O–H groups in total. The summed E-state index contributed by atoms with van der Waals surface area (Å²) in [7, 11) is 1.91. The first-order valence-corrected chi connectivity index (χ1v) is 16.9. The maximum atomic E-state index is 14.8. The van der Waals surface area contributed by atoms with Crippen molar-refractivity contribution in [2.24, 2.45) is 7.05 Å². The molecule has 7 rings (SSSR count). The molecular weight excluding hydrogens is 663 g/mol. The first-order chi connectivity index (χ1) is 23.4. The van der Waals surface area contributed by atoms with Crippen molar-refractivity contribution in [2.45, 2.75) is 53.5 Å². The number of benzene rings is 2. The van der Waals surface area contributed by atoms with Crippen LogP contribution in [0.2, 0.25) is 10.0 Å². The Bertz CT molecular complexity index is 2310. The summed E-state index contributed by atoms with van der Waals surface area (Å²) in [5.74, 6) is 0.00707. The fourth-order valence-corrected chi connectivity index (χ4v) is 7.58. The Hall–Kier alpha value is -4.80. The second-order valence-electron chi connectivity index (χ2n) is 12.8. The molecular formula is C37H36Cl2N6O4. The number of carbonyl (C=O) groups excluding carboxylic acids is 1. The zero-order valence-electron chi connectivity index (χ0n) is 28.1. The molecule has 4 aromatic heterocycles. The van der Waals surface area contributed by atoms with E-state index in [1.807, 2.05) is 63.7 Å². The molecule has 0 radical (unpaired) electrons. The summed E-state index contributed by atoms with van der Waals surface area (Å²) in [6.07, 6.45) is 4.35. The van der Waals surface area contributed by atoms with Gasteiger partial charge in [0.2, 0.25) is 0 Å². The van der Waals surface area contributed by atoms with Crippen LogP contribution in [0.15, 0.2) is 48.8 Å². The Balaban J connectivity index is 1.36. The van der Waals surface area contributed by atoms with Crippen molar-refractivity contribution in [3.05, 3.63) is 98.2 Å². The van der Waals surface area contributed by atoms with Gasteiger partial charge < -0.3 is 14.4 Å². The summed E-state index contributed by atoms with van der Waals surface area (Å²) in [6, 6.07) is 10.8. The van der Waals surface area contributed by atoms with E-state index >= 15 is 0 Å². The summed E-state index contributed by atoms with van der Waals surface area (Å²) in [6.45, 7) is 10.8. The number of imidazole rings is 1. The van der Waals surface area contributed by atoms with Gasteiger partial charge in [0.05, 0.1) is 34.6 Å². The third-order valence-corrected chi connectivity index (χ3v) is 10.5. The van der Waals surface area contributed by atoms with Gasteiger partial charge in [-0.3, -0.25) is 18.8 Å². The molecule has 252 valence electrons. The minimum atomic E-state index is -1.06. The largest absolute Gasteiger partial charge is 0.494 e. The number of anilines is 1. The number of amides is 1. The maximum Gasteiger partial charge on any atom is 0.337 e. The first kappa shape index (κ1) is 32.7. The zero-order valence-corrected chi connectivity index (χ0v) is 29.6. The monoisotopic (exact) mass is 698 g/mol. The van der Waals surface area contributed by atoms with E-state index in [0.29, 0.717) is 48.2 Å². The van der Waals surface area contributed by atoms with Gasteiger partial charge in [-0.1, -0.05) is 29.3 Å². The lowest BCUT2D eigenvalue weighted by Gasteiger charge is -2.33. The highest BCUT2D eigenvalue weighted by Crippen LogP contribution is 2.45. The van der Waals surface area contributed by atoms with Gasteiger partial charge in [0, 0.05) is 53.1 Å². The SMILES string of the molecule is Cc1cc(OCCCc2c3n(c4c(-c5c(C)nn(C)c5C)c(Cl)ccc24)[C@H](C)CN(c2cnc4ccc(C(=O)O)cn24)C3=O)cc(C)c1Cl. The van der Waals surface area contributed by atoms with Gasteiger partial charge in [-0.05, 0) is 94.5 Å². The number of carboxylic acids is 1. The number of fused-ring (bicyclic) bond motifs is 4. The van der Waals surface area contributed by atoms with Crippen molar-refractivity contribution in [1.82, 2.24) is 23.7 Å². The van der Waals surface area contributed by atoms with Gasteiger partial charge in [-0.25, -0.2) is 9.78 Å². The standard InChI is InChI=1S/C37H36Cl2N6O4/c1-19-14-25(15-20(2)33(19)39)49-13-7-8-26-27-10-11-28(38)32(31-22(4)41-42(6)23(31)5)34(27)45-21(3)17-44(36(46)35(26)45)30-16-40-29-12-9-24(37(47)48)18-43(29)30/h9-12,14-16,18,21H,7-8,13,17H2,1-6H3,(H,47,48)/t21-/m1/s1. The van der Waals surface area contributed by atoms with Crippen LogP contribution in [0.1, 0.15) is 68.3 Å². The molecule has 1 aliphatic heterocycles. The number of pyridine rings is 1. The third-order valence-electron chi connectivity index (χ3n) is 9.57. The molecule has 0 spiro atoms. The van der Waals surface area contributed by atoms with E-state index in [2.05, 4.69) is 21.6 Å². The molecule has 0 saturated heterocycles. The molecule has 1 atom stereocenters. The smallest absolute Gasteiger partial charge is 0.337 e. The van der Waals surface area contributed by atoms with E-state index in [0.717, 1.165) is 60.9 Å². The van der Waals surface area contributed by atoms with Gasteiger partial charge in [0.25, 0.3) is 5.91 Å². The fraction of sp³-hybridized carbons (Fsp3) is 0.297. The van der Waals surface area contributed by atoms with E-state index in [1.165, 1.54) is 12.3 Å². The van der Waals surface area contributed by atoms with Crippen LogP contribution in [0.4, 0.5) is 5.82 Å². The number of aromatic carboxylic acids is 1. The van der Waals surface area contributed by atoms with Gasteiger partial charge >= 0.3 is 5.97 Å². The van der Waals surface area contributed by atoms with Crippen LogP contribution in [0.25, 0.3) is 27.7 Å². The van der Waals surface area contributed by atoms with E-state index in [1.54, 1.807) is 21.6 Å². The molecule has 6 aromatic rings. The topological polar surface area (TPSA) is 107 Å². The van der Waals surface area contributed by atoms with Gasteiger partial charge in [0.1, 0.15) is 22.9 Å². The van der Waals surface area contributed by atoms with E-state index in [-0.39, 0.29) is 17.5 Å². The molecule has 0 fully saturated rings. The molecule has 49 heavy (non-hydrogen) atoms. The second kappa shape index (κ2) is 12.3. The number of nitrogens with zero attached hydrogens (tertiary/aromatic N) is 6. The van der Waals surface area contributed by atoms with E-state index in [4.69, 9.17) is 27.9 Å². The third kappa shape index (κ3) is 5.34. The lowest BCUT2D eigenvalue weighted by atomic mass is 9.98. The Labute approximate surface area is 293 Å². The van der Waals surface area contributed by atoms with Gasteiger partial charge in [0.15, 0.2) is 0 Å². The molecule has 2 aromatic carbocycles. The number of carboxylic acid groups (broad SMARTS) is 1. The number of aryl methyl sites for hydroxylation is 5.